The van der Waals surface area contributed by atoms with Gasteiger partial charge in [-0.05, 0) is 29.4 Å². The molecule has 1 aromatic heterocycles. The quantitative estimate of drug-likeness (QED) is 0.599. The van der Waals surface area contributed by atoms with Gasteiger partial charge >= 0.3 is 5.97 Å². The summed E-state index contributed by atoms with van der Waals surface area (Å²) in [6, 6.07) is 2.88. The second-order valence-electron chi connectivity index (χ2n) is 3.55. The molecule has 17 heavy (non-hydrogen) atoms. The van der Waals surface area contributed by atoms with Gasteiger partial charge in [-0.25, -0.2) is 9.42 Å². The van der Waals surface area contributed by atoms with Gasteiger partial charge < -0.3 is 15.8 Å². The standard InChI is InChI=1S/C10H12N4O3/c1-5(10(15)16-2)12-7-4-3-6(11)8-9(7)14-17-13-8/h3-5,12H,11H2,1-2H3. The van der Waals surface area contributed by atoms with E-state index in [2.05, 4.69) is 25.0 Å². The van der Waals surface area contributed by atoms with Crippen LogP contribution in [0.25, 0.3) is 11.0 Å². The Morgan fingerprint density at radius 3 is 2.88 bits per heavy atom. The fourth-order valence-corrected chi connectivity index (χ4v) is 1.47. The van der Waals surface area contributed by atoms with Crippen molar-refractivity contribution < 1.29 is 14.2 Å². The first kappa shape index (κ1) is 11.2. The molecule has 0 aliphatic carbocycles. The summed E-state index contributed by atoms with van der Waals surface area (Å²) < 4.78 is 9.23. The average molecular weight is 236 g/mol. The van der Waals surface area contributed by atoms with Gasteiger partial charge in [0, 0.05) is 0 Å². The van der Waals surface area contributed by atoms with Gasteiger partial charge in [0.15, 0.2) is 11.0 Å². The van der Waals surface area contributed by atoms with Crippen molar-refractivity contribution in [2.75, 3.05) is 18.2 Å². The Balaban J connectivity index is 2.33. The van der Waals surface area contributed by atoms with Gasteiger partial charge in [-0.3, -0.25) is 0 Å². The summed E-state index contributed by atoms with van der Waals surface area (Å²) >= 11 is 0. The van der Waals surface area contributed by atoms with Crippen molar-refractivity contribution in [1.29, 1.82) is 0 Å². The van der Waals surface area contributed by atoms with E-state index in [0.717, 1.165) is 0 Å². The molecule has 0 fully saturated rings. The predicted octanol–water partition coefficient (Wildman–Crippen LogP) is 0.778. The zero-order chi connectivity index (χ0) is 12.4. The number of ether oxygens (including phenoxy) is 1. The lowest BCUT2D eigenvalue weighted by Crippen LogP contribution is -2.27. The number of hydrogen-bond acceptors (Lipinski definition) is 7. The predicted molar refractivity (Wildman–Crippen MR) is 61.3 cm³/mol. The minimum absolute atomic E-state index is 0.369. The topological polar surface area (TPSA) is 103 Å². The number of carbonyl (C=O) groups excluding carboxylic acids is 1. The summed E-state index contributed by atoms with van der Waals surface area (Å²) in [4.78, 5) is 11.3. The molecule has 0 spiro atoms. The molecule has 0 radical (unpaired) electrons. The van der Waals surface area contributed by atoms with Crippen LogP contribution in [0.5, 0.6) is 0 Å². The van der Waals surface area contributed by atoms with E-state index in [1.54, 1.807) is 19.1 Å². The van der Waals surface area contributed by atoms with Gasteiger partial charge in [0.2, 0.25) is 0 Å². The largest absolute Gasteiger partial charge is 0.467 e. The maximum absolute atomic E-state index is 11.3. The van der Waals surface area contributed by atoms with E-state index in [-0.39, 0.29) is 5.97 Å². The normalized spacial score (nSPS) is 12.4. The molecule has 3 N–H and O–H groups in total. The molecule has 2 rings (SSSR count). The molecule has 0 aliphatic rings. The molecule has 1 unspecified atom stereocenters. The molecule has 1 aromatic carbocycles. The van der Waals surface area contributed by atoms with E-state index < -0.39 is 6.04 Å². The van der Waals surface area contributed by atoms with Crippen molar-refractivity contribution in [1.82, 2.24) is 10.3 Å². The summed E-state index contributed by atoms with van der Waals surface area (Å²) in [6.45, 7) is 1.68. The number of aromatic nitrogens is 2. The summed E-state index contributed by atoms with van der Waals surface area (Å²) in [5.41, 5.74) is 7.74. The molecule has 0 amide bonds. The lowest BCUT2D eigenvalue weighted by molar-refractivity contribution is -0.141. The summed E-state index contributed by atoms with van der Waals surface area (Å²) in [7, 11) is 1.33. The minimum Gasteiger partial charge on any atom is -0.467 e. The first-order valence-corrected chi connectivity index (χ1v) is 4.98. The van der Waals surface area contributed by atoms with Gasteiger partial charge in [0.1, 0.15) is 6.04 Å². The van der Waals surface area contributed by atoms with E-state index in [1.165, 1.54) is 7.11 Å². The van der Waals surface area contributed by atoms with Gasteiger partial charge in [-0.15, -0.1) is 0 Å². The first-order chi connectivity index (χ1) is 8.13. The number of nitrogens with one attached hydrogen (secondary N) is 1. The fraction of sp³-hybridized carbons (Fsp3) is 0.300. The van der Waals surface area contributed by atoms with Crippen molar-refractivity contribution >= 4 is 28.4 Å². The number of methoxy groups -OCH3 is 1. The Hall–Kier alpha value is -2.31. The highest BCUT2D eigenvalue weighted by Crippen LogP contribution is 2.25. The first-order valence-electron chi connectivity index (χ1n) is 4.98. The van der Waals surface area contributed by atoms with Crippen LogP contribution in [-0.4, -0.2) is 29.4 Å². The third-order valence-corrected chi connectivity index (χ3v) is 2.37. The maximum Gasteiger partial charge on any atom is 0.327 e. The van der Waals surface area contributed by atoms with Crippen LogP contribution in [0.1, 0.15) is 6.92 Å². The molecule has 1 atom stereocenters. The van der Waals surface area contributed by atoms with Crippen LogP contribution in [0.3, 0.4) is 0 Å². The molecule has 0 aliphatic heterocycles. The molecule has 7 nitrogen and oxygen atoms in total. The van der Waals surface area contributed by atoms with E-state index in [0.29, 0.717) is 22.4 Å². The SMILES string of the molecule is COC(=O)C(C)Nc1ccc(N)c2nonc12. The van der Waals surface area contributed by atoms with Crippen LogP contribution >= 0.6 is 0 Å². The van der Waals surface area contributed by atoms with Crippen molar-refractivity contribution in [2.24, 2.45) is 0 Å². The van der Waals surface area contributed by atoms with Crippen molar-refractivity contribution in [3.8, 4) is 0 Å². The van der Waals surface area contributed by atoms with E-state index >= 15 is 0 Å². The molecule has 2 aromatic rings. The van der Waals surface area contributed by atoms with E-state index in [4.69, 9.17) is 5.73 Å². The molecule has 90 valence electrons. The number of nitrogen functional groups attached to an aromatic ring is 1. The number of carbonyl (C=O) groups is 1. The summed E-state index contributed by atoms with van der Waals surface area (Å²) in [6.07, 6.45) is 0. The molecule has 0 saturated carbocycles. The molecule has 0 saturated heterocycles. The number of nitrogens with zero attached hydrogens (tertiary/aromatic N) is 2. The number of benzene rings is 1. The lowest BCUT2D eigenvalue weighted by atomic mass is 10.2. The van der Waals surface area contributed by atoms with Gasteiger partial charge in [-0.2, -0.15) is 0 Å². The fourth-order valence-electron chi connectivity index (χ4n) is 1.47. The number of anilines is 2. The third kappa shape index (κ3) is 1.99. The Morgan fingerprint density at radius 1 is 1.47 bits per heavy atom. The second-order valence-corrected chi connectivity index (χ2v) is 3.55. The van der Waals surface area contributed by atoms with Crippen LogP contribution in [0, 0.1) is 0 Å². The van der Waals surface area contributed by atoms with Crippen LogP contribution in [0.4, 0.5) is 11.4 Å². The molecule has 1 heterocycles. The zero-order valence-corrected chi connectivity index (χ0v) is 9.43. The zero-order valence-electron chi connectivity index (χ0n) is 9.43. The highest BCUT2D eigenvalue weighted by Gasteiger charge is 2.16. The lowest BCUT2D eigenvalue weighted by Gasteiger charge is -2.12. The van der Waals surface area contributed by atoms with Crippen LogP contribution in [0.15, 0.2) is 16.8 Å². The highest BCUT2D eigenvalue weighted by atomic mass is 16.6. The smallest absolute Gasteiger partial charge is 0.327 e. The third-order valence-electron chi connectivity index (χ3n) is 2.37. The number of fused-ring (bicyclic) bond motifs is 1. The summed E-state index contributed by atoms with van der Waals surface area (Å²) in [5, 5.41) is 10.4. The van der Waals surface area contributed by atoms with Crippen LogP contribution in [-0.2, 0) is 9.53 Å². The van der Waals surface area contributed by atoms with Crippen LogP contribution < -0.4 is 11.1 Å². The van der Waals surface area contributed by atoms with Crippen molar-refractivity contribution in [2.45, 2.75) is 13.0 Å². The molecular weight excluding hydrogens is 224 g/mol. The highest BCUT2D eigenvalue weighted by molar-refractivity contribution is 5.96. The van der Waals surface area contributed by atoms with E-state index in [1.807, 2.05) is 0 Å². The maximum atomic E-state index is 11.3. The minimum atomic E-state index is -0.497. The summed E-state index contributed by atoms with van der Waals surface area (Å²) in [5.74, 6) is -0.369. The Kier molecular flexibility index (Phi) is 2.82. The second kappa shape index (κ2) is 4.28. The monoisotopic (exact) mass is 236 g/mol. The number of hydrogen-bond donors (Lipinski definition) is 2. The van der Waals surface area contributed by atoms with E-state index in [9.17, 15) is 4.79 Å². The Bertz CT molecular complexity index is 551. The van der Waals surface area contributed by atoms with Crippen molar-refractivity contribution in [3.63, 3.8) is 0 Å². The number of rotatable bonds is 3. The van der Waals surface area contributed by atoms with Gasteiger partial charge in [-0.1, -0.05) is 0 Å². The average Bonchev–Trinajstić information content (AvgIpc) is 2.81. The van der Waals surface area contributed by atoms with Gasteiger partial charge in [0.05, 0.1) is 18.5 Å². The number of nitrogens with two attached hydrogens (primary N) is 1. The Morgan fingerprint density at radius 2 is 2.18 bits per heavy atom. The van der Waals surface area contributed by atoms with Crippen LogP contribution in [0.2, 0.25) is 0 Å². The van der Waals surface area contributed by atoms with Crippen molar-refractivity contribution in [3.05, 3.63) is 12.1 Å². The van der Waals surface area contributed by atoms with Gasteiger partial charge in [0.25, 0.3) is 0 Å². The Labute approximate surface area is 96.9 Å². The molecular formula is C10H12N4O3. The number of esters is 1. The molecule has 0 bridgehead atoms. The molecule has 7 heteroatoms.